The minimum atomic E-state index is -0.220. The third-order valence-electron chi connectivity index (χ3n) is 4.33. The molecule has 1 aromatic carbocycles. The van der Waals surface area contributed by atoms with Crippen molar-refractivity contribution in [2.45, 2.75) is 31.2 Å². The van der Waals surface area contributed by atoms with Crippen LogP contribution in [0.15, 0.2) is 18.2 Å². The standard InChI is InChI=1S/C13H15ClFN/c14-11-5-2-6-12(15)8(11)7-13(16)9-3-1-4-10(9)13/h2,5-6,9-10H,1,3-4,7,16H2. The molecule has 1 nitrogen and oxygen atoms in total. The summed E-state index contributed by atoms with van der Waals surface area (Å²) in [6.45, 7) is 0. The van der Waals surface area contributed by atoms with Crippen molar-refractivity contribution in [1.29, 1.82) is 0 Å². The molecule has 2 N–H and O–H groups in total. The van der Waals surface area contributed by atoms with Gasteiger partial charge in [-0.2, -0.15) is 0 Å². The molecule has 2 unspecified atom stereocenters. The van der Waals surface area contributed by atoms with Gasteiger partial charge in [0.1, 0.15) is 5.82 Å². The van der Waals surface area contributed by atoms with Gasteiger partial charge in [-0.05, 0) is 43.2 Å². The number of rotatable bonds is 2. The van der Waals surface area contributed by atoms with Crippen LogP contribution in [0.2, 0.25) is 5.02 Å². The van der Waals surface area contributed by atoms with E-state index in [1.165, 1.54) is 25.3 Å². The minimum Gasteiger partial charge on any atom is -0.324 e. The van der Waals surface area contributed by atoms with Gasteiger partial charge < -0.3 is 5.73 Å². The summed E-state index contributed by atoms with van der Waals surface area (Å²) in [6.07, 6.45) is 4.27. The number of nitrogens with two attached hydrogens (primary N) is 1. The van der Waals surface area contributed by atoms with Crippen LogP contribution in [-0.2, 0) is 6.42 Å². The van der Waals surface area contributed by atoms with Gasteiger partial charge >= 0.3 is 0 Å². The molecular formula is C13H15ClFN. The van der Waals surface area contributed by atoms with Gasteiger partial charge in [0.05, 0.1) is 0 Å². The molecule has 0 radical (unpaired) electrons. The molecule has 0 spiro atoms. The van der Waals surface area contributed by atoms with Gasteiger partial charge in [-0.25, -0.2) is 4.39 Å². The number of hydrogen-bond acceptors (Lipinski definition) is 1. The Morgan fingerprint density at radius 1 is 1.38 bits per heavy atom. The summed E-state index contributed by atoms with van der Waals surface area (Å²) in [5.41, 5.74) is 6.76. The smallest absolute Gasteiger partial charge is 0.127 e. The summed E-state index contributed by atoms with van der Waals surface area (Å²) in [4.78, 5) is 0. The first-order valence-electron chi connectivity index (χ1n) is 5.84. The second kappa shape index (κ2) is 3.44. The second-order valence-electron chi connectivity index (χ2n) is 5.13. The third kappa shape index (κ3) is 1.40. The molecule has 3 heteroatoms. The molecule has 0 aliphatic heterocycles. The van der Waals surface area contributed by atoms with Gasteiger partial charge in [-0.3, -0.25) is 0 Å². The Kier molecular flexibility index (Phi) is 2.27. The van der Waals surface area contributed by atoms with Gasteiger partial charge in [0.25, 0.3) is 0 Å². The van der Waals surface area contributed by atoms with Crippen LogP contribution in [-0.4, -0.2) is 5.54 Å². The summed E-state index contributed by atoms with van der Waals surface area (Å²) in [5, 5.41) is 0.509. The van der Waals surface area contributed by atoms with E-state index in [9.17, 15) is 4.39 Å². The molecule has 2 aliphatic carbocycles. The van der Waals surface area contributed by atoms with E-state index in [0.717, 1.165) is 0 Å². The fourth-order valence-corrected chi connectivity index (χ4v) is 3.63. The van der Waals surface area contributed by atoms with E-state index in [-0.39, 0.29) is 11.4 Å². The predicted molar refractivity (Wildman–Crippen MR) is 62.9 cm³/mol. The quantitative estimate of drug-likeness (QED) is 0.843. The molecule has 2 atom stereocenters. The molecule has 86 valence electrons. The predicted octanol–water partition coefficient (Wildman–Crippen LogP) is 3.15. The summed E-state index contributed by atoms with van der Waals surface area (Å²) in [6, 6.07) is 4.84. The number of halogens is 2. The molecule has 2 saturated carbocycles. The Morgan fingerprint density at radius 2 is 2.06 bits per heavy atom. The highest BCUT2D eigenvalue weighted by atomic mass is 35.5. The number of benzene rings is 1. The molecule has 2 aliphatic rings. The molecular weight excluding hydrogens is 225 g/mol. The van der Waals surface area contributed by atoms with Crippen LogP contribution < -0.4 is 5.73 Å². The normalized spacial score (nSPS) is 36.2. The van der Waals surface area contributed by atoms with Gasteiger partial charge in [0.2, 0.25) is 0 Å². The highest BCUT2D eigenvalue weighted by Crippen LogP contribution is 2.60. The van der Waals surface area contributed by atoms with Crippen molar-refractivity contribution in [3.8, 4) is 0 Å². The van der Waals surface area contributed by atoms with Crippen molar-refractivity contribution in [3.63, 3.8) is 0 Å². The van der Waals surface area contributed by atoms with E-state index in [4.69, 9.17) is 17.3 Å². The Hall–Kier alpha value is -0.600. The highest BCUT2D eigenvalue weighted by molar-refractivity contribution is 6.31. The minimum absolute atomic E-state index is 0.177. The monoisotopic (exact) mass is 239 g/mol. The molecule has 0 heterocycles. The molecule has 2 fully saturated rings. The Balaban J connectivity index is 1.85. The van der Waals surface area contributed by atoms with Crippen LogP contribution in [0.25, 0.3) is 0 Å². The summed E-state index contributed by atoms with van der Waals surface area (Å²) in [7, 11) is 0. The summed E-state index contributed by atoms with van der Waals surface area (Å²) in [5.74, 6) is 0.980. The average molecular weight is 240 g/mol. The molecule has 0 aromatic heterocycles. The van der Waals surface area contributed by atoms with E-state index in [0.29, 0.717) is 28.8 Å². The lowest BCUT2D eigenvalue weighted by Crippen LogP contribution is -2.31. The highest BCUT2D eigenvalue weighted by Gasteiger charge is 2.63. The lowest BCUT2D eigenvalue weighted by Gasteiger charge is -2.16. The first-order chi connectivity index (χ1) is 7.63. The van der Waals surface area contributed by atoms with E-state index in [2.05, 4.69) is 0 Å². The van der Waals surface area contributed by atoms with E-state index < -0.39 is 0 Å². The first-order valence-corrected chi connectivity index (χ1v) is 6.22. The van der Waals surface area contributed by atoms with Crippen LogP contribution in [0.3, 0.4) is 0 Å². The van der Waals surface area contributed by atoms with Crippen LogP contribution in [0, 0.1) is 17.7 Å². The zero-order valence-electron chi connectivity index (χ0n) is 9.05. The largest absolute Gasteiger partial charge is 0.324 e. The Bertz CT molecular complexity index is 402. The third-order valence-corrected chi connectivity index (χ3v) is 4.69. The van der Waals surface area contributed by atoms with Gasteiger partial charge in [-0.1, -0.05) is 24.1 Å². The SMILES string of the molecule is NC1(Cc2c(F)cccc2Cl)C2CCCC21. The fourth-order valence-electron chi connectivity index (χ4n) is 3.40. The van der Waals surface area contributed by atoms with Crippen molar-refractivity contribution < 1.29 is 4.39 Å². The lowest BCUT2D eigenvalue weighted by atomic mass is 9.97. The van der Waals surface area contributed by atoms with Crippen LogP contribution >= 0.6 is 11.6 Å². The Morgan fingerprint density at radius 3 is 2.69 bits per heavy atom. The number of hydrogen-bond donors (Lipinski definition) is 1. The molecule has 1 aromatic rings. The number of fused-ring (bicyclic) bond motifs is 1. The maximum Gasteiger partial charge on any atom is 0.127 e. The zero-order valence-corrected chi connectivity index (χ0v) is 9.80. The summed E-state index contributed by atoms with van der Waals surface area (Å²) < 4.78 is 13.6. The maximum atomic E-state index is 13.6. The fraction of sp³-hybridized carbons (Fsp3) is 0.538. The summed E-state index contributed by atoms with van der Waals surface area (Å²) >= 11 is 6.02. The molecule has 0 amide bonds. The van der Waals surface area contributed by atoms with Gasteiger partial charge in [-0.15, -0.1) is 0 Å². The zero-order chi connectivity index (χ0) is 11.3. The van der Waals surface area contributed by atoms with Crippen LogP contribution in [0.4, 0.5) is 4.39 Å². The van der Waals surface area contributed by atoms with Crippen molar-refractivity contribution in [2.24, 2.45) is 17.6 Å². The van der Waals surface area contributed by atoms with Gasteiger partial charge in [0, 0.05) is 16.1 Å². The van der Waals surface area contributed by atoms with Crippen molar-refractivity contribution >= 4 is 11.6 Å². The average Bonchev–Trinajstić information content (AvgIpc) is 2.68. The van der Waals surface area contributed by atoms with Crippen LogP contribution in [0.5, 0.6) is 0 Å². The van der Waals surface area contributed by atoms with E-state index in [1.54, 1.807) is 12.1 Å². The molecule has 0 saturated heterocycles. The lowest BCUT2D eigenvalue weighted by molar-refractivity contribution is 0.488. The topological polar surface area (TPSA) is 26.0 Å². The molecule has 16 heavy (non-hydrogen) atoms. The van der Waals surface area contributed by atoms with E-state index in [1.807, 2.05) is 0 Å². The van der Waals surface area contributed by atoms with Gasteiger partial charge in [0.15, 0.2) is 0 Å². The van der Waals surface area contributed by atoms with E-state index >= 15 is 0 Å². The second-order valence-corrected chi connectivity index (χ2v) is 5.54. The van der Waals surface area contributed by atoms with Crippen LogP contribution in [0.1, 0.15) is 24.8 Å². The first kappa shape index (κ1) is 10.5. The Labute approximate surface area is 99.8 Å². The molecule has 0 bridgehead atoms. The molecule has 3 rings (SSSR count). The van der Waals surface area contributed by atoms with Crippen molar-refractivity contribution in [3.05, 3.63) is 34.6 Å². The van der Waals surface area contributed by atoms with Crippen molar-refractivity contribution in [2.75, 3.05) is 0 Å². The van der Waals surface area contributed by atoms with Crippen molar-refractivity contribution in [1.82, 2.24) is 0 Å². The maximum absolute atomic E-state index is 13.6.